The molecular weight excluding hydrogens is 252 g/mol. The minimum absolute atomic E-state index is 0.292. The smallest absolute Gasteiger partial charge is 0.187 e. The first-order valence-corrected chi connectivity index (χ1v) is 4.76. The van der Waals surface area contributed by atoms with Gasteiger partial charge in [0.1, 0.15) is 5.82 Å². The Hall–Kier alpha value is -2.24. The van der Waals surface area contributed by atoms with Gasteiger partial charge >= 0.3 is 0 Å². The molecule has 2 N–H and O–H groups in total. The van der Waals surface area contributed by atoms with Crippen molar-refractivity contribution in [1.82, 2.24) is 0 Å². The molecule has 2 aromatic carbocycles. The van der Waals surface area contributed by atoms with E-state index in [2.05, 4.69) is 0 Å². The fourth-order valence-electron chi connectivity index (χ4n) is 1.48. The zero-order valence-corrected chi connectivity index (χ0v) is 8.72. The molecule has 0 aromatic heterocycles. The van der Waals surface area contributed by atoms with Gasteiger partial charge in [-0.3, -0.25) is 0 Å². The van der Waals surface area contributed by atoms with Crippen molar-refractivity contribution < 1.29 is 27.8 Å². The average molecular weight is 258 g/mol. The third-order valence-electron chi connectivity index (χ3n) is 2.36. The molecule has 0 atom stereocenters. The van der Waals surface area contributed by atoms with E-state index in [0.717, 1.165) is 0 Å². The maximum absolute atomic E-state index is 13.4. The highest BCUT2D eigenvalue weighted by atomic mass is 19.1. The maximum atomic E-state index is 13.4. The quantitative estimate of drug-likeness (QED) is 0.770. The van der Waals surface area contributed by atoms with Crippen molar-refractivity contribution in [3.05, 3.63) is 47.5 Å². The molecule has 0 fully saturated rings. The lowest BCUT2D eigenvalue weighted by atomic mass is 10.0. The summed E-state index contributed by atoms with van der Waals surface area (Å²) in [4.78, 5) is 0. The summed E-state index contributed by atoms with van der Waals surface area (Å²) >= 11 is 0. The van der Waals surface area contributed by atoms with E-state index < -0.39 is 40.3 Å². The van der Waals surface area contributed by atoms with Crippen LogP contribution in [0.15, 0.2) is 24.3 Å². The molecule has 0 heterocycles. The zero-order chi connectivity index (χ0) is 13.4. The Morgan fingerprint density at radius 3 is 1.78 bits per heavy atom. The van der Waals surface area contributed by atoms with Crippen LogP contribution in [0.5, 0.6) is 11.5 Å². The average Bonchev–Trinajstić information content (AvgIpc) is 2.30. The normalized spacial score (nSPS) is 10.7. The molecule has 2 aromatic rings. The lowest BCUT2D eigenvalue weighted by Gasteiger charge is -2.07. The third-order valence-corrected chi connectivity index (χ3v) is 2.36. The van der Waals surface area contributed by atoms with E-state index in [9.17, 15) is 17.6 Å². The zero-order valence-electron chi connectivity index (χ0n) is 8.72. The summed E-state index contributed by atoms with van der Waals surface area (Å²) in [6, 6.07) is 2.42. The highest BCUT2D eigenvalue weighted by Gasteiger charge is 2.15. The van der Waals surface area contributed by atoms with Crippen molar-refractivity contribution in [1.29, 1.82) is 0 Å². The van der Waals surface area contributed by atoms with Gasteiger partial charge in [0.25, 0.3) is 0 Å². The number of rotatable bonds is 1. The highest BCUT2D eigenvalue weighted by Crippen LogP contribution is 2.32. The van der Waals surface area contributed by atoms with Gasteiger partial charge in [0.05, 0.1) is 0 Å². The number of benzene rings is 2. The molecule has 94 valence electrons. The van der Waals surface area contributed by atoms with Crippen LogP contribution in [0.25, 0.3) is 11.1 Å². The second-order valence-corrected chi connectivity index (χ2v) is 3.57. The fourth-order valence-corrected chi connectivity index (χ4v) is 1.48. The molecule has 6 heteroatoms. The Balaban J connectivity index is 2.66. The minimum atomic E-state index is -1.29. The van der Waals surface area contributed by atoms with Crippen LogP contribution in [0.3, 0.4) is 0 Å². The molecule has 0 aliphatic heterocycles. The van der Waals surface area contributed by atoms with Crippen LogP contribution in [-0.4, -0.2) is 10.2 Å². The Morgan fingerprint density at radius 1 is 0.667 bits per heavy atom. The van der Waals surface area contributed by atoms with E-state index in [1.165, 1.54) is 0 Å². The standard InChI is InChI=1S/C12H6F4O2/c13-7-4-11(17)8(14)3-6(7)5-1-9(15)12(18)10(16)2-5/h1-4,17-18H. The first-order chi connectivity index (χ1) is 8.40. The monoisotopic (exact) mass is 258 g/mol. The molecule has 0 radical (unpaired) electrons. The van der Waals surface area contributed by atoms with Gasteiger partial charge in [0, 0.05) is 11.6 Å². The highest BCUT2D eigenvalue weighted by molar-refractivity contribution is 5.66. The van der Waals surface area contributed by atoms with Crippen LogP contribution in [0.2, 0.25) is 0 Å². The largest absolute Gasteiger partial charge is 0.505 e. The van der Waals surface area contributed by atoms with Crippen LogP contribution in [0.4, 0.5) is 17.6 Å². The number of phenols is 2. The van der Waals surface area contributed by atoms with E-state index in [-0.39, 0.29) is 5.56 Å². The molecule has 0 aliphatic carbocycles. The van der Waals surface area contributed by atoms with Gasteiger partial charge in [-0.05, 0) is 23.8 Å². The van der Waals surface area contributed by atoms with Crippen LogP contribution < -0.4 is 0 Å². The Morgan fingerprint density at radius 2 is 1.22 bits per heavy atom. The van der Waals surface area contributed by atoms with Crippen LogP contribution in [-0.2, 0) is 0 Å². The topological polar surface area (TPSA) is 40.5 Å². The fraction of sp³-hybridized carbons (Fsp3) is 0. The molecule has 0 spiro atoms. The summed E-state index contributed by atoms with van der Waals surface area (Å²) in [5, 5.41) is 17.8. The molecule has 2 rings (SSSR count). The van der Waals surface area contributed by atoms with Crippen molar-refractivity contribution >= 4 is 0 Å². The summed E-state index contributed by atoms with van der Waals surface area (Å²) in [7, 11) is 0. The predicted molar refractivity (Wildman–Crippen MR) is 55.0 cm³/mol. The summed E-state index contributed by atoms with van der Waals surface area (Å²) in [6.45, 7) is 0. The summed E-state index contributed by atoms with van der Waals surface area (Å²) in [5.74, 6) is -6.86. The van der Waals surface area contributed by atoms with Crippen LogP contribution in [0.1, 0.15) is 0 Å². The van der Waals surface area contributed by atoms with Crippen molar-refractivity contribution in [2.45, 2.75) is 0 Å². The van der Waals surface area contributed by atoms with Gasteiger partial charge in [0.2, 0.25) is 0 Å². The SMILES string of the molecule is Oc1cc(F)c(-c2cc(F)c(O)c(F)c2)cc1F. The Bertz CT molecular complexity index is 603. The Kier molecular flexibility index (Phi) is 2.86. The molecular formula is C12H6F4O2. The van der Waals surface area contributed by atoms with Gasteiger partial charge in [-0.15, -0.1) is 0 Å². The van der Waals surface area contributed by atoms with Gasteiger partial charge in [0.15, 0.2) is 29.0 Å². The van der Waals surface area contributed by atoms with E-state index in [0.29, 0.717) is 24.3 Å². The lowest BCUT2D eigenvalue weighted by Crippen LogP contribution is -1.91. The van der Waals surface area contributed by atoms with Gasteiger partial charge in [-0.2, -0.15) is 0 Å². The van der Waals surface area contributed by atoms with Crippen molar-refractivity contribution in [2.24, 2.45) is 0 Å². The molecule has 0 amide bonds. The number of halogens is 4. The molecule has 0 aliphatic rings. The number of aromatic hydroxyl groups is 2. The molecule has 18 heavy (non-hydrogen) atoms. The van der Waals surface area contributed by atoms with Crippen molar-refractivity contribution in [3.8, 4) is 22.6 Å². The predicted octanol–water partition coefficient (Wildman–Crippen LogP) is 3.32. The van der Waals surface area contributed by atoms with E-state index in [1.807, 2.05) is 0 Å². The molecule has 0 saturated heterocycles. The number of hydrogen-bond acceptors (Lipinski definition) is 2. The lowest BCUT2D eigenvalue weighted by molar-refractivity contribution is 0.396. The van der Waals surface area contributed by atoms with E-state index >= 15 is 0 Å². The minimum Gasteiger partial charge on any atom is -0.505 e. The molecule has 2 nitrogen and oxygen atoms in total. The second-order valence-electron chi connectivity index (χ2n) is 3.57. The van der Waals surface area contributed by atoms with Crippen molar-refractivity contribution in [3.63, 3.8) is 0 Å². The Labute approximate surface area is 98.7 Å². The summed E-state index contributed by atoms with van der Waals surface area (Å²) < 4.78 is 52.7. The summed E-state index contributed by atoms with van der Waals surface area (Å²) in [6.07, 6.45) is 0. The first-order valence-electron chi connectivity index (χ1n) is 4.76. The number of phenolic OH excluding ortho intramolecular Hbond substituents is 2. The van der Waals surface area contributed by atoms with E-state index in [1.54, 1.807) is 0 Å². The number of hydrogen-bond donors (Lipinski definition) is 2. The third kappa shape index (κ3) is 1.97. The molecule has 0 saturated carbocycles. The molecule has 0 bridgehead atoms. The van der Waals surface area contributed by atoms with Crippen LogP contribution in [0, 0.1) is 23.3 Å². The van der Waals surface area contributed by atoms with Gasteiger partial charge < -0.3 is 10.2 Å². The van der Waals surface area contributed by atoms with E-state index in [4.69, 9.17) is 10.2 Å². The van der Waals surface area contributed by atoms with Gasteiger partial charge in [-0.1, -0.05) is 0 Å². The maximum Gasteiger partial charge on any atom is 0.187 e. The summed E-state index contributed by atoms with van der Waals surface area (Å²) in [5.41, 5.74) is -0.720. The molecule has 0 unspecified atom stereocenters. The van der Waals surface area contributed by atoms with Crippen molar-refractivity contribution in [2.75, 3.05) is 0 Å². The first kappa shape index (κ1) is 12.2. The second kappa shape index (κ2) is 4.21. The van der Waals surface area contributed by atoms with Crippen LogP contribution >= 0.6 is 0 Å². The van der Waals surface area contributed by atoms with Gasteiger partial charge in [-0.25, -0.2) is 17.6 Å².